The zero-order chi connectivity index (χ0) is 14.4. The maximum absolute atomic E-state index is 10.5. The average Bonchev–Trinajstić information content (AvgIpc) is 2.92. The lowest BCUT2D eigenvalue weighted by Gasteiger charge is -2.01. The minimum Gasteiger partial charge on any atom is -0.478 e. The second-order valence-corrected chi connectivity index (χ2v) is 5.79. The number of aliphatic carboxylic acids is 1. The minimum absolute atomic E-state index is 0.916. The number of hydrogen-bond donors (Lipinski definition) is 1. The molecule has 0 saturated heterocycles. The second kappa shape index (κ2) is 7.06. The number of thiophene rings is 1. The molecule has 2 rings (SSSR count). The maximum Gasteiger partial charge on any atom is 0.328 e. The number of hydrogen-bond acceptors (Lipinski definition) is 2. The Morgan fingerprint density at radius 3 is 2.60 bits per heavy atom. The number of carbonyl (C=O) groups is 1. The van der Waals surface area contributed by atoms with Crippen molar-refractivity contribution < 1.29 is 9.90 Å². The molecule has 104 valence electrons. The normalized spacial score (nSPS) is 11.1. The van der Waals surface area contributed by atoms with E-state index in [4.69, 9.17) is 5.11 Å². The summed E-state index contributed by atoms with van der Waals surface area (Å²) in [7, 11) is 0. The highest BCUT2D eigenvalue weighted by molar-refractivity contribution is 7.16. The van der Waals surface area contributed by atoms with Crippen molar-refractivity contribution in [2.24, 2.45) is 0 Å². The van der Waals surface area contributed by atoms with Crippen molar-refractivity contribution in [1.82, 2.24) is 0 Å². The first kappa shape index (κ1) is 14.5. The van der Waals surface area contributed by atoms with E-state index in [9.17, 15) is 4.79 Å². The van der Waals surface area contributed by atoms with E-state index in [0.717, 1.165) is 16.2 Å². The molecule has 2 aromatic rings. The maximum atomic E-state index is 10.5. The van der Waals surface area contributed by atoms with Gasteiger partial charge >= 0.3 is 5.97 Å². The van der Waals surface area contributed by atoms with E-state index in [1.54, 1.807) is 17.4 Å². The standard InChI is InChI=1S/C17H18O2S/c1-2-3-4-13-5-7-14(8-6-13)16-11-9-15(20-16)10-12-17(18)19/h5-12H,2-4H2,1H3,(H,18,19)/b12-10-. The molecule has 0 unspecified atom stereocenters. The molecule has 0 aliphatic carbocycles. The van der Waals surface area contributed by atoms with Crippen LogP contribution in [0.5, 0.6) is 0 Å². The molecular formula is C17H18O2S. The Labute approximate surface area is 123 Å². The van der Waals surface area contributed by atoms with Crippen molar-refractivity contribution >= 4 is 23.4 Å². The van der Waals surface area contributed by atoms with Crippen LogP contribution in [0.4, 0.5) is 0 Å². The van der Waals surface area contributed by atoms with E-state index in [1.807, 2.05) is 12.1 Å². The molecule has 3 heteroatoms. The van der Waals surface area contributed by atoms with E-state index < -0.39 is 5.97 Å². The number of benzene rings is 1. The topological polar surface area (TPSA) is 37.3 Å². The van der Waals surface area contributed by atoms with Crippen LogP contribution in [0, 0.1) is 0 Å². The van der Waals surface area contributed by atoms with Crippen LogP contribution < -0.4 is 0 Å². The number of rotatable bonds is 6. The van der Waals surface area contributed by atoms with E-state index >= 15 is 0 Å². The highest BCUT2D eigenvalue weighted by Gasteiger charge is 2.02. The van der Waals surface area contributed by atoms with E-state index in [2.05, 4.69) is 31.2 Å². The second-order valence-electron chi connectivity index (χ2n) is 4.67. The molecule has 1 aromatic heterocycles. The lowest BCUT2D eigenvalue weighted by Crippen LogP contribution is -1.84. The summed E-state index contributed by atoms with van der Waals surface area (Å²) in [5.74, 6) is -0.916. The van der Waals surface area contributed by atoms with Gasteiger partial charge in [-0.3, -0.25) is 0 Å². The molecule has 2 nitrogen and oxygen atoms in total. The molecule has 1 aromatic carbocycles. The highest BCUT2D eigenvalue weighted by atomic mass is 32.1. The van der Waals surface area contributed by atoms with Gasteiger partial charge in [-0.2, -0.15) is 0 Å². The number of unbranched alkanes of at least 4 members (excludes halogenated alkanes) is 1. The van der Waals surface area contributed by atoms with Crippen LogP contribution in [-0.4, -0.2) is 11.1 Å². The summed E-state index contributed by atoms with van der Waals surface area (Å²) in [6.45, 7) is 2.20. The Kier molecular flexibility index (Phi) is 5.13. The predicted molar refractivity (Wildman–Crippen MR) is 85.0 cm³/mol. The molecule has 0 radical (unpaired) electrons. The van der Waals surface area contributed by atoms with Gasteiger partial charge in [-0.1, -0.05) is 37.6 Å². The van der Waals surface area contributed by atoms with Gasteiger partial charge in [0.05, 0.1) is 0 Å². The van der Waals surface area contributed by atoms with E-state index in [1.165, 1.54) is 30.0 Å². The van der Waals surface area contributed by atoms with Crippen molar-refractivity contribution in [2.75, 3.05) is 0 Å². The molecular weight excluding hydrogens is 268 g/mol. The molecule has 0 amide bonds. The van der Waals surface area contributed by atoms with Gasteiger partial charge in [-0.05, 0) is 42.2 Å². The van der Waals surface area contributed by atoms with Gasteiger partial charge in [0.2, 0.25) is 0 Å². The van der Waals surface area contributed by atoms with Gasteiger partial charge in [0.15, 0.2) is 0 Å². The molecule has 0 aliphatic heterocycles. The lowest BCUT2D eigenvalue weighted by atomic mass is 10.1. The van der Waals surface area contributed by atoms with Crippen molar-refractivity contribution in [3.05, 3.63) is 52.9 Å². The molecule has 20 heavy (non-hydrogen) atoms. The van der Waals surface area contributed by atoms with Crippen LogP contribution in [0.3, 0.4) is 0 Å². The molecule has 0 spiro atoms. The predicted octanol–water partition coefficient (Wildman–Crippen LogP) is 4.86. The molecule has 0 aliphatic rings. The van der Waals surface area contributed by atoms with Crippen LogP contribution in [0.25, 0.3) is 16.5 Å². The van der Waals surface area contributed by atoms with Gasteiger partial charge in [0.25, 0.3) is 0 Å². The first-order valence-corrected chi connectivity index (χ1v) is 7.61. The summed E-state index contributed by atoms with van der Waals surface area (Å²) in [4.78, 5) is 12.6. The Morgan fingerprint density at radius 1 is 1.20 bits per heavy atom. The summed E-state index contributed by atoms with van der Waals surface area (Å²) in [5, 5.41) is 8.62. The Hall–Kier alpha value is -1.87. The number of carboxylic acids is 1. The average molecular weight is 286 g/mol. The Morgan fingerprint density at radius 2 is 1.95 bits per heavy atom. The third-order valence-corrected chi connectivity index (χ3v) is 4.17. The molecule has 0 atom stereocenters. The molecule has 0 bridgehead atoms. The summed E-state index contributed by atoms with van der Waals surface area (Å²) in [6.07, 6.45) is 6.37. The van der Waals surface area contributed by atoms with Gasteiger partial charge < -0.3 is 5.11 Å². The fourth-order valence-electron chi connectivity index (χ4n) is 1.97. The first-order valence-electron chi connectivity index (χ1n) is 6.79. The fourth-order valence-corrected chi connectivity index (χ4v) is 2.88. The van der Waals surface area contributed by atoms with Crippen LogP contribution in [0.1, 0.15) is 30.2 Å². The fraction of sp³-hybridized carbons (Fsp3) is 0.235. The van der Waals surface area contributed by atoms with Crippen molar-refractivity contribution in [3.63, 3.8) is 0 Å². The third-order valence-electron chi connectivity index (χ3n) is 3.07. The zero-order valence-electron chi connectivity index (χ0n) is 11.5. The molecule has 0 saturated carbocycles. The summed E-state index contributed by atoms with van der Waals surface area (Å²) >= 11 is 1.60. The first-order chi connectivity index (χ1) is 9.69. The lowest BCUT2D eigenvalue weighted by molar-refractivity contribution is -0.131. The number of aryl methyl sites for hydroxylation is 1. The van der Waals surface area contributed by atoms with E-state index in [-0.39, 0.29) is 0 Å². The molecule has 0 fully saturated rings. The van der Waals surface area contributed by atoms with Crippen LogP contribution >= 0.6 is 11.3 Å². The molecule has 1 N–H and O–H groups in total. The van der Waals surface area contributed by atoms with Gasteiger partial charge in [-0.25, -0.2) is 4.79 Å². The monoisotopic (exact) mass is 286 g/mol. The summed E-state index contributed by atoms with van der Waals surface area (Å²) < 4.78 is 0. The van der Waals surface area contributed by atoms with Gasteiger partial charge in [0, 0.05) is 15.8 Å². The minimum atomic E-state index is -0.916. The molecule has 1 heterocycles. The van der Waals surface area contributed by atoms with Crippen LogP contribution in [-0.2, 0) is 11.2 Å². The highest BCUT2D eigenvalue weighted by Crippen LogP contribution is 2.29. The van der Waals surface area contributed by atoms with Crippen LogP contribution in [0.15, 0.2) is 42.5 Å². The Balaban J connectivity index is 2.09. The smallest absolute Gasteiger partial charge is 0.328 e. The number of carboxylic acid groups (broad SMARTS) is 1. The SMILES string of the molecule is CCCCc1ccc(-c2ccc(/C=C\C(=O)O)s2)cc1. The van der Waals surface area contributed by atoms with Crippen LogP contribution in [0.2, 0.25) is 0 Å². The summed E-state index contributed by atoms with van der Waals surface area (Å²) in [6, 6.07) is 12.6. The Bertz CT molecular complexity index is 594. The van der Waals surface area contributed by atoms with Crippen molar-refractivity contribution in [2.45, 2.75) is 26.2 Å². The summed E-state index contributed by atoms with van der Waals surface area (Å²) in [5.41, 5.74) is 2.56. The zero-order valence-corrected chi connectivity index (χ0v) is 12.3. The van der Waals surface area contributed by atoms with E-state index in [0.29, 0.717) is 0 Å². The largest absolute Gasteiger partial charge is 0.478 e. The van der Waals surface area contributed by atoms with Gasteiger partial charge in [0.1, 0.15) is 0 Å². The third kappa shape index (κ3) is 4.07. The quantitative estimate of drug-likeness (QED) is 0.770. The van der Waals surface area contributed by atoms with Crippen molar-refractivity contribution in [1.29, 1.82) is 0 Å². The van der Waals surface area contributed by atoms with Crippen molar-refractivity contribution in [3.8, 4) is 10.4 Å². The van der Waals surface area contributed by atoms with Gasteiger partial charge in [-0.15, -0.1) is 11.3 Å².